The number of nitrogens with zero attached hydrogens (tertiary/aromatic N) is 1. The molecular weight excluding hydrogens is 174 g/mol. The van der Waals surface area contributed by atoms with Crippen molar-refractivity contribution in [1.29, 1.82) is 0 Å². The highest BCUT2D eigenvalue weighted by Gasteiger charge is 2.05. The van der Waals surface area contributed by atoms with E-state index < -0.39 is 0 Å². The van der Waals surface area contributed by atoms with Crippen LogP contribution in [0.25, 0.3) is 0 Å². The molecule has 0 radical (unpaired) electrons. The van der Waals surface area contributed by atoms with Gasteiger partial charge in [0.15, 0.2) is 5.78 Å². The highest BCUT2D eigenvalue weighted by molar-refractivity contribution is 5.91. The molecule has 2 heteroatoms. The van der Waals surface area contributed by atoms with Gasteiger partial charge in [-0.05, 0) is 26.1 Å². The summed E-state index contributed by atoms with van der Waals surface area (Å²) < 4.78 is 0. The summed E-state index contributed by atoms with van der Waals surface area (Å²) in [6.45, 7) is 13.2. The molecule has 0 aliphatic heterocycles. The molecule has 2 nitrogen and oxygen atoms in total. The maximum Gasteiger partial charge on any atom is 0.158 e. The van der Waals surface area contributed by atoms with Crippen LogP contribution < -0.4 is 0 Å². The van der Waals surface area contributed by atoms with Crippen LogP contribution in [0.4, 0.5) is 0 Å². The van der Waals surface area contributed by atoms with E-state index in [1.54, 1.807) is 6.08 Å². The van der Waals surface area contributed by atoms with Crippen LogP contribution in [0.5, 0.6) is 0 Å². The van der Waals surface area contributed by atoms with Crippen molar-refractivity contribution in [2.45, 2.75) is 34.6 Å². The van der Waals surface area contributed by atoms with Crippen molar-refractivity contribution >= 4 is 5.78 Å². The van der Waals surface area contributed by atoms with Gasteiger partial charge in [0, 0.05) is 12.5 Å². The summed E-state index contributed by atoms with van der Waals surface area (Å²) in [4.78, 5) is 13.7. The van der Waals surface area contributed by atoms with Crippen molar-refractivity contribution < 1.29 is 4.79 Å². The summed E-state index contributed by atoms with van der Waals surface area (Å²) in [5.41, 5.74) is 1.16. The molecule has 0 rings (SSSR count). The number of carbonyl (C=O) groups excluding carboxylic acids is 1. The molecule has 82 valence electrons. The van der Waals surface area contributed by atoms with Gasteiger partial charge in [-0.3, -0.25) is 9.69 Å². The topological polar surface area (TPSA) is 20.3 Å². The molecule has 0 aromatic carbocycles. The molecule has 0 unspecified atom stereocenters. The van der Waals surface area contributed by atoms with Crippen LogP contribution in [0, 0.1) is 5.92 Å². The van der Waals surface area contributed by atoms with Gasteiger partial charge in [0.25, 0.3) is 0 Å². The molecule has 0 heterocycles. The van der Waals surface area contributed by atoms with Crippen molar-refractivity contribution in [3.63, 3.8) is 0 Å². The van der Waals surface area contributed by atoms with E-state index in [-0.39, 0.29) is 11.7 Å². The number of carbonyl (C=O) groups is 1. The lowest BCUT2D eigenvalue weighted by molar-refractivity contribution is -0.117. The summed E-state index contributed by atoms with van der Waals surface area (Å²) in [5.74, 6) is 0.344. The number of hydrogen-bond donors (Lipinski definition) is 0. The molecule has 0 atom stereocenters. The van der Waals surface area contributed by atoms with E-state index in [1.165, 1.54) is 0 Å². The minimum absolute atomic E-state index is 0.113. The molecule has 0 N–H and O–H groups in total. The Morgan fingerprint density at radius 3 is 2.14 bits per heavy atom. The first-order valence-corrected chi connectivity index (χ1v) is 5.44. The fourth-order valence-electron chi connectivity index (χ4n) is 1.26. The van der Waals surface area contributed by atoms with Gasteiger partial charge in [-0.1, -0.05) is 33.3 Å². The lowest BCUT2D eigenvalue weighted by Gasteiger charge is -2.18. The zero-order valence-corrected chi connectivity index (χ0v) is 10.1. The van der Waals surface area contributed by atoms with Crippen molar-refractivity contribution in [2.24, 2.45) is 5.92 Å². The second kappa shape index (κ2) is 6.77. The second-order valence-corrected chi connectivity index (χ2v) is 4.01. The normalized spacial score (nSPS) is 12.6. The zero-order chi connectivity index (χ0) is 11.1. The van der Waals surface area contributed by atoms with Crippen LogP contribution in [0.3, 0.4) is 0 Å². The molecule has 0 aliphatic rings. The Labute approximate surface area is 88.0 Å². The summed E-state index contributed by atoms with van der Waals surface area (Å²) in [7, 11) is 0. The Hall–Kier alpha value is -0.630. The van der Waals surface area contributed by atoms with Crippen LogP contribution in [-0.2, 0) is 4.79 Å². The molecular formula is C12H23NO. The molecule has 0 fully saturated rings. The maximum atomic E-state index is 11.4. The van der Waals surface area contributed by atoms with Crippen molar-refractivity contribution in [1.82, 2.24) is 4.90 Å². The van der Waals surface area contributed by atoms with Crippen molar-refractivity contribution in [3.8, 4) is 0 Å². The third-order valence-corrected chi connectivity index (χ3v) is 2.33. The van der Waals surface area contributed by atoms with Gasteiger partial charge in [0.1, 0.15) is 0 Å². The quantitative estimate of drug-likeness (QED) is 0.610. The first-order chi connectivity index (χ1) is 6.51. The van der Waals surface area contributed by atoms with Gasteiger partial charge in [-0.15, -0.1) is 0 Å². The fourth-order valence-corrected chi connectivity index (χ4v) is 1.26. The molecule has 0 amide bonds. The number of hydrogen-bond acceptors (Lipinski definition) is 2. The Morgan fingerprint density at radius 2 is 1.79 bits per heavy atom. The van der Waals surface area contributed by atoms with Gasteiger partial charge in [0.05, 0.1) is 0 Å². The third-order valence-electron chi connectivity index (χ3n) is 2.33. The molecule has 0 aliphatic carbocycles. The highest BCUT2D eigenvalue weighted by atomic mass is 16.1. The van der Waals surface area contributed by atoms with Gasteiger partial charge in [-0.2, -0.15) is 0 Å². The average molecular weight is 197 g/mol. The van der Waals surface area contributed by atoms with Gasteiger partial charge in [0.2, 0.25) is 0 Å². The van der Waals surface area contributed by atoms with Crippen molar-refractivity contribution in [2.75, 3.05) is 19.6 Å². The molecule has 0 saturated heterocycles. The van der Waals surface area contributed by atoms with E-state index in [9.17, 15) is 4.79 Å². The smallest absolute Gasteiger partial charge is 0.158 e. The standard InChI is InChI=1S/C12H23NO/c1-6-13(7-2)9-11(5)8-12(14)10(3)4/h8,10H,6-7,9H2,1-5H3/b11-8+. The van der Waals surface area contributed by atoms with Crippen LogP contribution >= 0.6 is 0 Å². The van der Waals surface area contributed by atoms with E-state index in [4.69, 9.17) is 0 Å². The number of rotatable bonds is 6. The predicted octanol–water partition coefficient (Wildman–Crippen LogP) is 2.50. The Bertz CT molecular complexity index is 202. The Kier molecular flexibility index (Phi) is 6.46. The number of ketones is 1. The molecule has 0 bridgehead atoms. The summed E-state index contributed by atoms with van der Waals surface area (Å²) in [6.07, 6.45) is 1.78. The molecule has 0 saturated carbocycles. The SMILES string of the molecule is CCN(CC)C/C(C)=C/C(=O)C(C)C. The molecule has 0 spiro atoms. The lowest BCUT2D eigenvalue weighted by atomic mass is 10.1. The van der Waals surface area contributed by atoms with E-state index in [2.05, 4.69) is 18.7 Å². The predicted molar refractivity (Wildman–Crippen MR) is 61.4 cm³/mol. The highest BCUT2D eigenvalue weighted by Crippen LogP contribution is 2.02. The lowest BCUT2D eigenvalue weighted by Crippen LogP contribution is -2.25. The average Bonchev–Trinajstić information content (AvgIpc) is 2.13. The maximum absolute atomic E-state index is 11.4. The Morgan fingerprint density at radius 1 is 1.29 bits per heavy atom. The van der Waals surface area contributed by atoms with Crippen LogP contribution in [0.1, 0.15) is 34.6 Å². The summed E-state index contributed by atoms with van der Waals surface area (Å²) in [6, 6.07) is 0. The van der Waals surface area contributed by atoms with E-state index in [1.807, 2.05) is 20.8 Å². The third kappa shape index (κ3) is 5.18. The van der Waals surface area contributed by atoms with Crippen LogP contribution in [0.2, 0.25) is 0 Å². The number of likely N-dealkylation sites (N-methyl/N-ethyl adjacent to an activating group) is 1. The fraction of sp³-hybridized carbons (Fsp3) is 0.750. The minimum atomic E-state index is 0.113. The monoisotopic (exact) mass is 197 g/mol. The van der Waals surface area contributed by atoms with E-state index >= 15 is 0 Å². The minimum Gasteiger partial charge on any atom is -0.300 e. The van der Waals surface area contributed by atoms with Gasteiger partial charge >= 0.3 is 0 Å². The zero-order valence-electron chi connectivity index (χ0n) is 10.1. The Balaban J connectivity index is 4.18. The van der Waals surface area contributed by atoms with Gasteiger partial charge in [-0.25, -0.2) is 0 Å². The first-order valence-electron chi connectivity index (χ1n) is 5.44. The number of allylic oxidation sites excluding steroid dienone is 1. The van der Waals surface area contributed by atoms with Gasteiger partial charge < -0.3 is 0 Å². The summed E-state index contributed by atoms with van der Waals surface area (Å²) >= 11 is 0. The van der Waals surface area contributed by atoms with Crippen LogP contribution in [0.15, 0.2) is 11.6 Å². The van der Waals surface area contributed by atoms with E-state index in [0.717, 1.165) is 25.2 Å². The summed E-state index contributed by atoms with van der Waals surface area (Å²) in [5, 5.41) is 0. The van der Waals surface area contributed by atoms with E-state index in [0.29, 0.717) is 0 Å². The molecule has 0 aromatic heterocycles. The second-order valence-electron chi connectivity index (χ2n) is 4.01. The van der Waals surface area contributed by atoms with Crippen molar-refractivity contribution in [3.05, 3.63) is 11.6 Å². The first kappa shape index (κ1) is 13.4. The molecule has 14 heavy (non-hydrogen) atoms. The molecule has 0 aromatic rings. The van der Waals surface area contributed by atoms with Crippen LogP contribution in [-0.4, -0.2) is 30.3 Å². The largest absolute Gasteiger partial charge is 0.300 e.